The highest BCUT2D eigenvalue weighted by Gasteiger charge is 2.21. The van der Waals surface area contributed by atoms with E-state index in [1.54, 1.807) is 6.07 Å². The van der Waals surface area contributed by atoms with Crippen LogP contribution in [-0.2, 0) is 22.1 Å². The van der Waals surface area contributed by atoms with Crippen molar-refractivity contribution < 1.29 is 8.42 Å². The second-order valence-electron chi connectivity index (χ2n) is 3.93. The molecule has 1 aromatic carbocycles. The van der Waals surface area contributed by atoms with Crippen molar-refractivity contribution in [2.24, 2.45) is 0 Å². The molecule has 0 saturated heterocycles. The van der Waals surface area contributed by atoms with Gasteiger partial charge >= 0.3 is 0 Å². The number of benzene rings is 1. The van der Waals surface area contributed by atoms with Gasteiger partial charge in [-0.1, -0.05) is 11.6 Å². The summed E-state index contributed by atoms with van der Waals surface area (Å²) in [5.41, 5.74) is 5.87. The molecule has 8 heteroatoms. The molecule has 19 heavy (non-hydrogen) atoms. The molecular weight excluding hydrogens is 288 g/mol. The molecular formula is C11H13ClN4O2S. The molecule has 0 atom stereocenters. The average molecular weight is 301 g/mol. The predicted octanol–water partition coefficient (Wildman–Crippen LogP) is 1.51. The summed E-state index contributed by atoms with van der Waals surface area (Å²) in [4.78, 5) is 3.97. The van der Waals surface area contributed by atoms with Crippen molar-refractivity contribution in [1.82, 2.24) is 14.8 Å². The van der Waals surface area contributed by atoms with Gasteiger partial charge in [0.2, 0.25) is 0 Å². The molecule has 0 fully saturated rings. The highest BCUT2D eigenvalue weighted by atomic mass is 35.5. The zero-order valence-electron chi connectivity index (χ0n) is 10.2. The SMILES string of the molecule is CCn1ncnc1CS(=O)(=O)c1cc(Cl)ccc1N. The number of sulfone groups is 1. The first-order valence-electron chi connectivity index (χ1n) is 5.58. The molecule has 0 aliphatic carbocycles. The highest BCUT2D eigenvalue weighted by Crippen LogP contribution is 2.25. The Hall–Kier alpha value is -1.60. The summed E-state index contributed by atoms with van der Waals surface area (Å²) in [6.45, 7) is 2.41. The first kappa shape index (κ1) is 13.8. The first-order chi connectivity index (χ1) is 8.94. The van der Waals surface area contributed by atoms with Crippen LogP contribution in [0, 0.1) is 0 Å². The van der Waals surface area contributed by atoms with E-state index in [1.807, 2.05) is 6.92 Å². The fraction of sp³-hybridized carbons (Fsp3) is 0.273. The van der Waals surface area contributed by atoms with Crippen LogP contribution in [0.1, 0.15) is 12.7 Å². The molecule has 1 heterocycles. The van der Waals surface area contributed by atoms with Crippen LogP contribution in [-0.4, -0.2) is 23.2 Å². The van der Waals surface area contributed by atoms with Gasteiger partial charge in [-0.15, -0.1) is 0 Å². The second-order valence-corrected chi connectivity index (χ2v) is 6.33. The van der Waals surface area contributed by atoms with Crippen LogP contribution in [0.2, 0.25) is 5.02 Å². The molecule has 0 aliphatic heterocycles. The van der Waals surface area contributed by atoms with Crippen molar-refractivity contribution >= 4 is 27.1 Å². The predicted molar refractivity (Wildman–Crippen MR) is 72.5 cm³/mol. The number of nitrogens with zero attached hydrogens (tertiary/aromatic N) is 3. The molecule has 0 radical (unpaired) electrons. The van der Waals surface area contributed by atoms with Crippen LogP contribution in [0.3, 0.4) is 0 Å². The molecule has 2 aromatic rings. The van der Waals surface area contributed by atoms with Crippen molar-refractivity contribution in [1.29, 1.82) is 0 Å². The maximum absolute atomic E-state index is 12.3. The number of hydrogen-bond acceptors (Lipinski definition) is 5. The lowest BCUT2D eigenvalue weighted by Gasteiger charge is -2.08. The second kappa shape index (κ2) is 5.18. The van der Waals surface area contributed by atoms with Gasteiger partial charge in [0.1, 0.15) is 17.9 Å². The van der Waals surface area contributed by atoms with E-state index in [1.165, 1.54) is 23.1 Å². The Kier molecular flexibility index (Phi) is 3.77. The number of aryl methyl sites for hydroxylation is 1. The van der Waals surface area contributed by atoms with E-state index >= 15 is 0 Å². The highest BCUT2D eigenvalue weighted by molar-refractivity contribution is 7.90. The van der Waals surface area contributed by atoms with Gasteiger partial charge in [-0.25, -0.2) is 18.1 Å². The Morgan fingerprint density at radius 3 is 2.84 bits per heavy atom. The number of nitrogens with two attached hydrogens (primary N) is 1. The maximum atomic E-state index is 12.3. The molecule has 0 spiro atoms. The number of nitrogen functional groups attached to an aromatic ring is 1. The fourth-order valence-corrected chi connectivity index (χ4v) is 3.38. The number of halogens is 1. The van der Waals surface area contributed by atoms with Gasteiger partial charge in [0.05, 0.1) is 10.6 Å². The van der Waals surface area contributed by atoms with E-state index in [2.05, 4.69) is 10.1 Å². The largest absolute Gasteiger partial charge is 0.398 e. The molecule has 102 valence electrons. The van der Waals surface area contributed by atoms with Crippen molar-refractivity contribution in [2.75, 3.05) is 5.73 Å². The lowest BCUT2D eigenvalue weighted by atomic mass is 10.3. The Morgan fingerprint density at radius 2 is 2.16 bits per heavy atom. The quantitative estimate of drug-likeness (QED) is 0.864. The van der Waals surface area contributed by atoms with E-state index in [4.69, 9.17) is 17.3 Å². The van der Waals surface area contributed by atoms with E-state index in [0.717, 1.165) is 0 Å². The smallest absolute Gasteiger partial charge is 0.187 e. The summed E-state index contributed by atoms with van der Waals surface area (Å²) in [6, 6.07) is 4.36. The molecule has 6 nitrogen and oxygen atoms in total. The van der Waals surface area contributed by atoms with Crippen LogP contribution in [0.5, 0.6) is 0 Å². The first-order valence-corrected chi connectivity index (χ1v) is 7.61. The number of anilines is 1. The van der Waals surface area contributed by atoms with Gasteiger partial charge in [-0.2, -0.15) is 5.10 Å². The third kappa shape index (κ3) is 2.87. The van der Waals surface area contributed by atoms with Crippen molar-refractivity contribution in [3.05, 3.63) is 35.4 Å². The van der Waals surface area contributed by atoms with Crippen LogP contribution in [0.4, 0.5) is 5.69 Å². The Bertz CT molecular complexity index is 696. The Labute approximate surface area is 116 Å². The molecule has 2 rings (SSSR count). The summed E-state index contributed by atoms with van der Waals surface area (Å²) >= 11 is 5.81. The average Bonchev–Trinajstić information content (AvgIpc) is 2.78. The third-order valence-corrected chi connectivity index (χ3v) is 4.52. The molecule has 0 aliphatic rings. The zero-order valence-corrected chi connectivity index (χ0v) is 11.8. The number of aromatic nitrogens is 3. The fourth-order valence-electron chi connectivity index (χ4n) is 1.69. The lowest BCUT2D eigenvalue weighted by molar-refractivity contribution is 0.584. The number of hydrogen-bond donors (Lipinski definition) is 1. The minimum absolute atomic E-state index is 0.0191. The number of rotatable bonds is 4. The molecule has 2 N–H and O–H groups in total. The molecule has 0 saturated carbocycles. The standard InChI is InChI=1S/C11H13ClN4O2S/c1-2-16-11(14-7-15-16)6-19(17,18)10-5-8(12)3-4-9(10)13/h3-5,7H,2,6,13H2,1H3. The monoisotopic (exact) mass is 300 g/mol. The van der Waals surface area contributed by atoms with Crippen molar-refractivity contribution in [3.63, 3.8) is 0 Å². The van der Waals surface area contributed by atoms with Crippen LogP contribution < -0.4 is 5.73 Å². The van der Waals surface area contributed by atoms with Gasteiger partial charge in [-0.05, 0) is 25.1 Å². The summed E-state index contributed by atoms with van der Waals surface area (Å²) in [5, 5.41) is 4.26. The minimum atomic E-state index is -3.60. The molecule has 0 bridgehead atoms. The van der Waals surface area contributed by atoms with Gasteiger partial charge < -0.3 is 5.73 Å². The molecule has 1 aromatic heterocycles. The molecule has 0 unspecified atom stereocenters. The van der Waals surface area contributed by atoms with E-state index in [0.29, 0.717) is 17.4 Å². The van der Waals surface area contributed by atoms with Gasteiger partial charge in [-0.3, -0.25) is 0 Å². The van der Waals surface area contributed by atoms with Crippen LogP contribution in [0.25, 0.3) is 0 Å². The van der Waals surface area contributed by atoms with Gasteiger partial charge in [0.25, 0.3) is 0 Å². The summed E-state index contributed by atoms with van der Waals surface area (Å²) in [6.07, 6.45) is 1.33. The maximum Gasteiger partial charge on any atom is 0.187 e. The zero-order chi connectivity index (χ0) is 14.0. The van der Waals surface area contributed by atoms with Crippen LogP contribution >= 0.6 is 11.6 Å². The summed E-state index contributed by atoms with van der Waals surface area (Å²) < 4.78 is 26.2. The summed E-state index contributed by atoms with van der Waals surface area (Å²) in [5.74, 6) is 0.118. The van der Waals surface area contributed by atoms with Gasteiger partial charge in [0.15, 0.2) is 9.84 Å². The van der Waals surface area contributed by atoms with Crippen molar-refractivity contribution in [2.45, 2.75) is 24.1 Å². The summed E-state index contributed by atoms with van der Waals surface area (Å²) in [7, 11) is -3.60. The minimum Gasteiger partial charge on any atom is -0.398 e. The third-order valence-electron chi connectivity index (χ3n) is 2.63. The topological polar surface area (TPSA) is 90.9 Å². The van der Waals surface area contributed by atoms with Gasteiger partial charge in [0, 0.05) is 11.6 Å². The van der Waals surface area contributed by atoms with Crippen LogP contribution in [0.15, 0.2) is 29.4 Å². The molecule has 0 amide bonds. The van der Waals surface area contributed by atoms with Crippen molar-refractivity contribution in [3.8, 4) is 0 Å². The Morgan fingerprint density at radius 1 is 1.42 bits per heavy atom. The van der Waals surface area contributed by atoms with E-state index in [-0.39, 0.29) is 16.3 Å². The van der Waals surface area contributed by atoms with E-state index in [9.17, 15) is 8.42 Å². The Balaban J connectivity index is 2.41. The lowest BCUT2D eigenvalue weighted by Crippen LogP contribution is -2.13. The normalized spacial score (nSPS) is 11.7. The van der Waals surface area contributed by atoms with E-state index < -0.39 is 9.84 Å².